The fraction of sp³-hybridized carbons (Fsp3) is 0.312. The van der Waals surface area contributed by atoms with E-state index >= 15 is 0 Å². The number of fused-ring (bicyclic) bond motifs is 5. The Bertz CT molecular complexity index is 683. The molecule has 5 nitrogen and oxygen atoms in total. The highest BCUT2D eigenvalue weighted by molar-refractivity contribution is 6.30. The number of carbonyl (C=O) groups is 3. The van der Waals surface area contributed by atoms with Crippen molar-refractivity contribution in [3.8, 4) is 0 Å². The lowest BCUT2D eigenvalue weighted by atomic mass is 9.85. The number of carbonyl (C=O) groups excluding carboxylic acids is 3. The maximum absolute atomic E-state index is 12.4. The SMILES string of the molecule is O=C(NN1C(=O)[C@@H]2[C@H](C1=O)[C@H]1C=C[C@H]2C1)c1ccc(Cl)cc1. The van der Waals surface area contributed by atoms with Crippen molar-refractivity contribution in [2.75, 3.05) is 0 Å². The predicted molar refractivity (Wildman–Crippen MR) is 78.5 cm³/mol. The Labute approximate surface area is 131 Å². The lowest BCUT2D eigenvalue weighted by molar-refractivity contribution is -0.143. The van der Waals surface area contributed by atoms with E-state index in [0.717, 1.165) is 11.4 Å². The third-order valence-corrected chi connectivity index (χ3v) is 5.04. The number of rotatable bonds is 2. The van der Waals surface area contributed by atoms with Crippen LogP contribution in [0.2, 0.25) is 5.02 Å². The van der Waals surface area contributed by atoms with Gasteiger partial charge in [0, 0.05) is 10.6 Å². The van der Waals surface area contributed by atoms with Gasteiger partial charge >= 0.3 is 0 Å². The summed E-state index contributed by atoms with van der Waals surface area (Å²) in [4.78, 5) is 37.1. The Morgan fingerprint density at radius 3 is 2.14 bits per heavy atom. The Morgan fingerprint density at radius 1 is 1.05 bits per heavy atom. The van der Waals surface area contributed by atoms with Gasteiger partial charge in [0.05, 0.1) is 11.8 Å². The van der Waals surface area contributed by atoms with E-state index in [4.69, 9.17) is 11.6 Å². The summed E-state index contributed by atoms with van der Waals surface area (Å²) in [7, 11) is 0. The first kappa shape index (κ1) is 13.5. The van der Waals surface area contributed by atoms with E-state index in [2.05, 4.69) is 5.43 Å². The fourth-order valence-corrected chi connectivity index (χ4v) is 3.91. The van der Waals surface area contributed by atoms with Crippen LogP contribution in [0.3, 0.4) is 0 Å². The van der Waals surface area contributed by atoms with Gasteiger partial charge in [0.2, 0.25) is 0 Å². The van der Waals surface area contributed by atoms with Crippen LogP contribution in [0.25, 0.3) is 0 Å². The zero-order chi connectivity index (χ0) is 15.4. The van der Waals surface area contributed by atoms with Crippen LogP contribution in [-0.2, 0) is 9.59 Å². The topological polar surface area (TPSA) is 66.5 Å². The second kappa shape index (κ2) is 4.68. The van der Waals surface area contributed by atoms with Gasteiger partial charge in [-0.2, -0.15) is 5.01 Å². The van der Waals surface area contributed by atoms with Crippen LogP contribution in [0.1, 0.15) is 16.8 Å². The number of benzene rings is 1. The van der Waals surface area contributed by atoms with Crippen LogP contribution in [-0.4, -0.2) is 22.7 Å². The minimum Gasteiger partial charge on any atom is -0.272 e. The molecule has 112 valence electrons. The number of allylic oxidation sites excluding steroid dienone is 2. The van der Waals surface area contributed by atoms with Gasteiger partial charge in [-0.1, -0.05) is 23.8 Å². The summed E-state index contributed by atoms with van der Waals surface area (Å²) in [6.07, 6.45) is 4.90. The highest BCUT2D eigenvalue weighted by atomic mass is 35.5. The lowest BCUT2D eigenvalue weighted by Gasteiger charge is -2.17. The molecule has 0 unspecified atom stereocenters. The quantitative estimate of drug-likeness (QED) is 0.668. The van der Waals surface area contributed by atoms with Gasteiger partial charge in [-0.3, -0.25) is 19.8 Å². The fourth-order valence-electron chi connectivity index (χ4n) is 3.78. The molecule has 2 bridgehead atoms. The predicted octanol–water partition coefficient (Wildman–Crippen LogP) is 1.79. The molecule has 1 aromatic carbocycles. The molecule has 3 aliphatic rings. The number of nitrogens with zero attached hydrogens (tertiary/aromatic N) is 1. The zero-order valence-electron chi connectivity index (χ0n) is 11.5. The van der Waals surface area contributed by atoms with Crippen LogP contribution in [0.5, 0.6) is 0 Å². The Kier molecular flexibility index (Phi) is 2.87. The molecule has 3 amide bonds. The van der Waals surface area contributed by atoms with Gasteiger partial charge < -0.3 is 0 Å². The highest BCUT2D eigenvalue weighted by Crippen LogP contribution is 2.52. The molecule has 1 saturated carbocycles. The molecule has 1 heterocycles. The van der Waals surface area contributed by atoms with Gasteiger partial charge in [0.1, 0.15) is 0 Å². The van der Waals surface area contributed by atoms with Crippen LogP contribution >= 0.6 is 11.6 Å². The smallest absolute Gasteiger partial charge is 0.270 e. The summed E-state index contributed by atoms with van der Waals surface area (Å²) in [5.41, 5.74) is 2.79. The first-order valence-corrected chi connectivity index (χ1v) is 7.57. The highest BCUT2D eigenvalue weighted by Gasteiger charge is 2.59. The molecule has 4 rings (SSSR count). The third-order valence-electron chi connectivity index (χ3n) is 4.79. The monoisotopic (exact) mass is 316 g/mol. The molecule has 1 N–H and O–H groups in total. The molecule has 4 atom stereocenters. The Balaban J connectivity index is 1.54. The van der Waals surface area contributed by atoms with Crippen molar-refractivity contribution < 1.29 is 14.4 Å². The molecule has 0 aromatic heterocycles. The number of hydrogen-bond acceptors (Lipinski definition) is 3. The molecule has 2 fully saturated rings. The van der Waals surface area contributed by atoms with E-state index < -0.39 is 5.91 Å². The van der Waals surface area contributed by atoms with Crippen molar-refractivity contribution in [2.45, 2.75) is 6.42 Å². The lowest BCUT2D eigenvalue weighted by Crippen LogP contribution is -2.47. The second-order valence-corrected chi connectivity index (χ2v) is 6.40. The summed E-state index contributed by atoms with van der Waals surface area (Å²) in [5, 5.41) is 1.42. The number of nitrogens with one attached hydrogen (secondary N) is 1. The molecule has 2 aliphatic carbocycles. The normalized spacial score (nSPS) is 31.8. The number of imide groups is 1. The largest absolute Gasteiger partial charge is 0.272 e. The maximum atomic E-state index is 12.4. The number of halogens is 1. The summed E-state index contributed by atoms with van der Waals surface area (Å²) >= 11 is 5.78. The number of amides is 3. The summed E-state index contributed by atoms with van der Waals surface area (Å²) in [5.74, 6) is -1.45. The van der Waals surface area contributed by atoms with E-state index in [1.54, 1.807) is 24.3 Å². The molecule has 6 heteroatoms. The van der Waals surface area contributed by atoms with E-state index in [1.165, 1.54) is 0 Å². The van der Waals surface area contributed by atoms with E-state index in [1.807, 2.05) is 12.2 Å². The van der Waals surface area contributed by atoms with Gasteiger partial charge in [0.15, 0.2) is 0 Å². The minimum atomic E-state index is -0.487. The maximum Gasteiger partial charge on any atom is 0.270 e. The third kappa shape index (κ3) is 1.82. The zero-order valence-corrected chi connectivity index (χ0v) is 12.3. The van der Waals surface area contributed by atoms with Crippen molar-refractivity contribution in [2.24, 2.45) is 23.7 Å². The van der Waals surface area contributed by atoms with Crippen molar-refractivity contribution in [3.05, 3.63) is 47.0 Å². The summed E-state index contributed by atoms with van der Waals surface area (Å²) < 4.78 is 0. The van der Waals surface area contributed by atoms with Crippen molar-refractivity contribution in [3.63, 3.8) is 0 Å². The molecule has 0 radical (unpaired) electrons. The minimum absolute atomic E-state index is 0.129. The van der Waals surface area contributed by atoms with Crippen molar-refractivity contribution in [1.82, 2.24) is 10.4 Å². The number of hydrazine groups is 1. The standard InChI is InChI=1S/C16H13ClN2O3/c17-11-5-3-8(4-6-11)14(20)18-19-15(21)12-9-1-2-10(7-9)13(12)16(19)22/h1-6,9-10,12-13H,7H2,(H,18,20)/t9-,10-,12-,13+/m0/s1. The summed E-state index contributed by atoms with van der Waals surface area (Å²) in [6, 6.07) is 6.27. The average Bonchev–Trinajstić information content (AvgIpc) is 3.17. The second-order valence-electron chi connectivity index (χ2n) is 5.96. The van der Waals surface area contributed by atoms with Crippen molar-refractivity contribution >= 4 is 29.3 Å². The first-order valence-electron chi connectivity index (χ1n) is 7.19. The van der Waals surface area contributed by atoms with Gasteiger partial charge in [-0.15, -0.1) is 0 Å². The Morgan fingerprint density at radius 2 is 1.59 bits per heavy atom. The Hall–Kier alpha value is -2.14. The van der Waals surface area contributed by atoms with Gasteiger partial charge in [-0.25, -0.2) is 0 Å². The van der Waals surface area contributed by atoms with E-state index in [-0.39, 0.29) is 35.5 Å². The molecular weight excluding hydrogens is 304 g/mol. The van der Waals surface area contributed by atoms with Crippen LogP contribution in [0.15, 0.2) is 36.4 Å². The molecule has 1 saturated heterocycles. The molecule has 1 aliphatic heterocycles. The van der Waals surface area contributed by atoms with E-state index in [0.29, 0.717) is 10.6 Å². The average molecular weight is 317 g/mol. The molecule has 0 spiro atoms. The first-order chi connectivity index (χ1) is 10.6. The number of hydrogen-bond donors (Lipinski definition) is 1. The van der Waals surface area contributed by atoms with Crippen molar-refractivity contribution in [1.29, 1.82) is 0 Å². The van der Waals surface area contributed by atoms with Crippen LogP contribution in [0.4, 0.5) is 0 Å². The van der Waals surface area contributed by atoms with Crippen LogP contribution < -0.4 is 5.43 Å². The molecule has 1 aromatic rings. The van der Waals surface area contributed by atoms with Gasteiger partial charge in [-0.05, 0) is 42.5 Å². The van der Waals surface area contributed by atoms with Gasteiger partial charge in [0.25, 0.3) is 17.7 Å². The molecular formula is C16H13ClN2O3. The summed E-state index contributed by atoms with van der Waals surface area (Å²) in [6.45, 7) is 0. The van der Waals surface area contributed by atoms with E-state index in [9.17, 15) is 14.4 Å². The molecule has 22 heavy (non-hydrogen) atoms. The van der Waals surface area contributed by atoms with Crippen LogP contribution in [0, 0.1) is 23.7 Å².